The molecule has 1 amide bonds. The number of benzene rings is 2. The Hall–Kier alpha value is -4.10. The van der Waals surface area contributed by atoms with Crippen LogP contribution in [-0.4, -0.2) is 28.2 Å². The van der Waals surface area contributed by atoms with Gasteiger partial charge in [-0.25, -0.2) is 4.79 Å². The number of aromatic nitrogens is 1. The number of halogens is 3. The number of nitriles is 1. The van der Waals surface area contributed by atoms with E-state index in [2.05, 4.69) is 11.4 Å². The third-order valence-corrected chi connectivity index (χ3v) is 6.14. The van der Waals surface area contributed by atoms with E-state index < -0.39 is 29.7 Å². The van der Waals surface area contributed by atoms with E-state index in [9.17, 15) is 28.0 Å². The lowest BCUT2D eigenvalue weighted by Gasteiger charge is -2.19. The summed E-state index contributed by atoms with van der Waals surface area (Å²) in [6.45, 7) is 2.17. The van der Waals surface area contributed by atoms with Gasteiger partial charge in [0.2, 0.25) is 0 Å². The molecule has 2 N–H and O–H groups in total. The first-order chi connectivity index (χ1) is 17.1. The van der Waals surface area contributed by atoms with Gasteiger partial charge in [-0.3, -0.25) is 4.79 Å². The number of aromatic carboxylic acids is 1. The van der Waals surface area contributed by atoms with Crippen LogP contribution in [0.5, 0.6) is 0 Å². The molecule has 186 valence electrons. The number of amides is 1. The van der Waals surface area contributed by atoms with Gasteiger partial charge in [0.1, 0.15) is 11.8 Å². The average Bonchev–Trinajstić information content (AvgIpc) is 3.17. The van der Waals surface area contributed by atoms with E-state index in [0.29, 0.717) is 35.4 Å². The van der Waals surface area contributed by atoms with Crippen LogP contribution in [0.2, 0.25) is 0 Å². The molecular formula is C26H22F3N3O4. The molecule has 36 heavy (non-hydrogen) atoms. The lowest BCUT2D eigenvalue weighted by atomic mass is 10.0. The summed E-state index contributed by atoms with van der Waals surface area (Å²) in [5.74, 6) is -1.64. The van der Waals surface area contributed by atoms with Gasteiger partial charge in [0.15, 0.2) is 0 Å². The van der Waals surface area contributed by atoms with Crippen molar-refractivity contribution in [3.8, 4) is 6.07 Å². The predicted molar refractivity (Wildman–Crippen MR) is 122 cm³/mol. The van der Waals surface area contributed by atoms with Crippen molar-refractivity contribution in [1.82, 2.24) is 9.88 Å². The Labute approximate surface area is 204 Å². The number of carbonyl (C=O) groups excluding carboxylic acids is 1. The molecule has 0 radical (unpaired) electrons. The van der Waals surface area contributed by atoms with Crippen molar-refractivity contribution in [1.29, 1.82) is 5.26 Å². The van der Waals surface area contributed by atoms with Crippen LogP contribution in [0.15, 0.2) is 48.5 Å². The van der Waals surface area contributed by atoms with E-state index in [1.54, 1.807) is 29.7 Å². The number of hydrogen-bond acceptors (Lipinski definition) is 4. The highest BCUT2D eigenvalue weighted by Crippen LogP contribution is 2.32. The fraction of sp³-hybridized carbons (Fsp3) is 0.269. The van der Waals surface area contributed by atoms with E-state index in [1.807, 2.05) is 0 Å². The van der Waals surface area contributed by atoms with Gasteiger partial charge in [0.25, 0.3) is 5.91 Å². The van der Waals surface area contributed by atoms with E-state index in [-0.39, 0.29) is 30.0 Å². The van der Waals surface area contributed by atoms with Gasteiger partial charge in [0.05, 0.1) is 35.9 Å². The zero-order valence-electron chi connectivity index (χ0n) is 19.2. The molecule has 1 atom stereocenters. The van der Waals surface area contributed by atoms with Crippen molar-refractivity contribution in [2.75, 3.05) is 6.61 Å². The third kappa shape index (κ3) is 4.97. The molecule has 0 fully saturated rings. The van der Waals surface area contributed by atoms with Gasteiger partial charge in [-0.15, -0.1) is 0 Å². The summed E-state index contributed by atoms with van der Waals surface area (Å²) in [6.07, 6.45) is -4.11. The van der Waals surface area contributed by atoms with Crippen molar-refractivity contribution in [3.05, 3.63) is 93.3 Å². The van der Waals surface area contributed by atoms with Gasteiger partial charge in [0, 0.05) is 24.2 Å². The smallest absolute Gasteiger partial charge is 0.416 e. The number of alkyl halides is 3. The van der Waals surface area contributed by atoms with E-state index in [1.165, 1.54) is 18.2 Å². The van der Waals surface area contributed by atoms with Crippen LogP contribution in [0.25, 0.3) is 0 Å². The molecule has 0 spiro atoms. The normalized spacial score (nSPS) is 14.0. The number of ether oxygens (including phenoxy) is 1. The summed E-state index contributed by atoms with van der Waals surface area (Å²) >= 11 is 0. The Morgan fingerprint density at radius 2 is 1.94 bits per heavy atom. The lowest BCUT2D eigenvalue weighted by molar-refractivity contribution is -0.137. The van der Waals surface area contributed by atoms with Crippen LogP contribution in [0.1, 0.15) is 67.3 Å². The molecular weight excluding hydrogens is 475 g/mol. The maximum atomic E-state index is 13.4. The maximum absolute atomic E-state index is 13.4. The van der Waals surface area contributed by atoms with Crippen LogP contribution < -0.4 is 5.32 Å². The molecule has 0 saturated heterocycles. The number of carboxylic acids is 1. The van der Waals surface area contributed by atoms with Crippen molar-refractivity contribution in [2.24, 2.45) is 0 Å². The standard InChI is InChI=1S/C26H22F3N3O4/c1-15(17-5-7-18(8-6-17)25(34)35)31-24(33)23-20(12-30)21-14-36-10-9-22(21)32(23)13-16-3-2-4-19(11-16)26(27,28)29/h2-8,11,15H,9-10,13-14H2,1H3,(H,31,33)(H,34,35)/t15-/m0/s1. The van der Waals surface area contributed by atoms with Crippen molar-refractivity contribution >= 4 is 11.9 Å². The predicted octanol–water partition coefficient (Wildman–Crippen LogP) is 4.69. The van der Waals surface area contributed by atoms with Gasteiger partial charge in [-0.2, -0.15) is 18.4 Å². The fourth-order valence-corrected chi connectivity index (χ4v) is 4.33. The number of nitrogens with one attached hydrogen (secondary N) is 1. The maximum Gasteiger partial charge on any atom is 0.416 e. The molecule has 2 heterocycles. The van der Waals surface area contributed by atoms with Crippen LogP contribution in [0.3, 0.4) is 0 Å². The molecule has 0 aliphatic carbocycles. The SMILES string of the molecule is C[C@H](NC(=O)c1c(C#N)c2c(n1Cc1cccc(C(F)(F)F)c1)CCOC2)c1ccc(C(=O)O)cc1. The zero-order valence-corrected chi connectivity index (χ0v) is 19.2. The topological polar surface area (TPSA) is 104 Å². The Kier molecular flexibility index (Phi) is 6.86. The first kappa shape index (κ1) is 25.0. The minimum Gasteiger partial charge on any atom is -0.478 e. The minimum absolute atomic E-state index is 0.0294. The molecule has 0 bridgehead atoms. The second-order valence-corrected chi connectivity index (χ2v) is 8.47. The van der Waals surface area contributed by atoms with Crippen LogP contribution in [0.4, 0.5) is 13.2 Å². The monoisotopic (exact) mass is 497 g/mol. The van der Waals surface area contributed by atoms with E-state index in [4.69, 9.17) is 9.84 Å². The number of nitrogens with zero attached hydrogens (tertiary/aromatic N) is 2. The summed E-state index contributed by atoms with van der Waals surface area (Å²) < 4.78 is 46.9. The molecule has 0 saturated carbocycles. The van der Waals surface area contributed by atoms with Gasteiger partial charge >= 0.3 is 12.1 Å². The fourth-order valence-electron chi connectivity index (χ4n) is 4.33. The first-order valence-corrected chi connectivity index (χ1v) is 11.1. The first-order valence-electron chi connectivity index (χ1n) is 11.1. The highest BCUT2D eigenvalue weighted by atomic mass is 19.4. The molecule has 1 aliphatic rings. The molecule has 2 aromatic carbocycles. The Morgan fingerprint density at radius 3 is 2.58 bits per heavy atom. The Balaban J connectivity index is 1.70. The molecule has 0 unspecified atom stereocenters. The number of rotatable bonds is 6. The van der Waals surface area contributed by atoms with Crippen LogP contribution >= 0.6 is 0 Å². The van der Waals surface area contributed by atoms with Crippen molar-refractivity contribution in [2.45, 2.75) is 38.7 Å². The zero-order chi connectivity index (χ0) is 26.0. The number of carbonyl (C=O) groups is 2. The van der Waals surface area contributed by atoms with Crippen LogP contribution in [-0.2, 0) is 30.5 Å². The molecule has 1 aliphatic heterocycles. The molecule has 7 nitrogen and oxygen atoms in total. The van der Waals surface area contributed by atoms with Gasteiger partial charge in [-0.1, -0.05) is 24.3 Å². The lowest BCUT2D eigenvalue weighted by Crippen LogP contribution is -2.30. The van der Waals surface area contributed by atoms with Crippen molar-refractivity contribution in [3.63, 3.8) is 0 Å². The van der Waals surface area contributed by atoms with Crippen LogP contribution in [0, 0.1) is 11.3 Å². The van der Waals surface area contributed by atoms with Crippen molar-refractivity contribution < 1.29 is 32.6 Å². The molecule has 4 rings (SSSR count). The Morgan fingerprint density at radius 1 is 1.22 bits per heavy atom. The largest absolute Gasteiger partial charge is 0.478 e. The summed E-state index contributed by atoms with van der Waals surface area (Å²) in [4.78, 5) is 24.5. The summed E-state index contributed by atoms with van der Waals surface area (Å²) in [7, 11) is 0. The highest BCUT2D eigenvalue weighted by Gasteiger charge is 2.32. The third-order valence-electron chi connectivity index (χ3n) is 6.14. The number of fused-ring (bicyclic) bond motifs is 1. The summed E-state index contributed by atoms with van der Waals surface area (Å²) in [5.41, 5.74) is 1.71. The van der Waals surface area contributed by atoms with E-state index in [0.717, 1.165) is 12.1 Å². The molecule has 1 aromatic heterocycles. The second-order valence-electron chi connectivity index (χ2n) is 8.47. The Bertz CT molecular complexity index is 1350. The molecule has 3 aromatic rings. The molecule has 10 heteroatoms. The quantitative estimate of drug-likeness (QED) is 0.514. The second kappa shape index (κ2) is 9.87. The average molecular weight is 497 g/mol. The number of hydrogen-bond donors (Lipinski definition) is 2. The summed E-state index contributed by atoms with van der Waals surface area (Å²) in [6, 6.07) is 12.4. The highest BCUT2D eigenvalue weighted by molar-refractivity contribution is 5.96. The summed E-state index contributed by atoms with van der Waals surface area (Å²) in [5, 5.41) is 21.8. The van der Waals surface area contributed by atoms with E-state index >= 15 is 0 Å². The minimum atomic E-state index is -4.51. The number of carboxylic acid groups (broad SMARTS) is 1. The van der Waals surface area contributed by atoms with Gasteiger partial charge < -0.3 is 19.7 Å². The van der Waals surface area contributed by atoms with Gasteiger partial charge in [-0.05, 0) is 42.3 Å².